The van der Waals surface area contributed by atoms with E-state index in [4.69, 9.17) is 17.3 Å². The molecule has 0 aliphatic heterocycles. The van der Waals surface area contributed by atoms with E-state index >= 15 is 0 Å². The molecule has 0 saturated heterocycles. The van der Waals surface area contributed by atoms with Crippen LogP contribution in [0, 0.1) is 22.0 Å². The van der Waals surface area contributed by atoms with Gasteiger partial charge in [0.05, 0.1) is 9.95 Å². The minimum atomic E-state index is -0.629. The lowest BCUT2D eigenvalue weighted by molar-refractivity contribution is -0.383. The first kappa shape index (κ1) is 14.1. The Morgan fingerprint density at radius 3 is 2.71 bits per heavy atom. The van der Waals surface area contributed by atoms with E-state index < -0.39 is 4.92 Å². The van der Waals surface area contributed by atoms with E-state index in [0.717, 1.165) is 12.8 Å². The number of carbonyl (C=O) groups excluding carboxylic acids is 1. The molecule has 0 heterocycles. The van der Waals surface area contributed by atoms with Gasteiger partial charge in [-0.2, -0.15) is 0 Å². The number of carbonyl (C=O) groups is 1. The standard InChI is InChI=1S/C14H16ClN3O3/c15-10-5-9(6-12(13(10)16)18(20)21)14(19)17-11-4-7-1-2-8(11)3-7/h5-8,11H,1-4,16H2,(H,17,19). The van der Waals surface area contributed by atoms with E-state index in [1.807, 2.05) is 0 Å². The number of nitrogens with one attached hydrogen (secondary N) is 1. The number of amides is 1. The van der Waals surface area contributed by atoms with Crippen LogP contribution in [0.1, 0.15) is 36.0 Å². The molecule has 3 N–H and O–H groups in total. The van der Waals surface area contributed by atoms with Crippen molar-refractivity contribution in [3.8, 4) is 0 Å². The third-order valence-electron chi connectivity index (χ3n) is 4.62. The Bertz CT molecular complexity index is 620. The molecule has 2 saturated carbocycles. The van der Waals surface area contributed by atoms with Gasteiger partial charge in [-0.15, -0.1) is 0 Å². The van der Waals surface area contributed by atoms with Crippen molar-refractivity contribution in [3.63, 3.8) is 0 Å². The number of hydrogen-bond donors (Lipinski definition) is 2. The monoisotopic (exact) mass is 309 g/mol. The van der Waals surface area contributed by atoms with E-state index in [0.29, 0.717) is 11.8 Å². The second kappa shape index (κ2) is 5.18. The van der Waals surface area contributed by atoms with Gasteiger partial charge in [0.15, 0.2) is 0 Å². The number of hydrogen-bond acceptors (Lipinski definition) is 4. The van der Waals surface area contributed by atoms with Crippen molar-refractivity contribution >= 4 is 28.9 Å². The molecular weight excluding hydrogens is 294 g/mol. The maximum Gasteiger partial charge on any atom is 0.294 e. The fraction of sp³-hybridized carbons (Fsp3) is 0.500. The molecule has 7 heteroatoms. The zero-order valence-corrected chi connectivity index (χ0v) is 12.1. The Labute approximate surface area is 126 Å². The van der Waals surface area contributed by atoms with Gasteiger partial charge in [-0.05, 0) is 37.2 Å². The number of nitrogens with zero attached hydrogens (tertiary/aromatic N) is 1. The lowest BCUT2D eigenvalue weighted by Crippen LogP contribution is -2.38. The third kappa shape index (κ3) is 2.55. The highest BCUT2D eigenvalue weighted by atomic mass is 35.5. The molecule has 0 radical (unpaired) electrons. The van der Waals surface area contributed by atoms with E-state index in [2.05, 4.69) is 5.32 Å². The number of nitrogens with two attached hydrogens (primary N) is 1. The molecule has 1 aromatic carbocycles. The predicted molar refractivity (Wildman–Crippen MR) is 79.2 cm³/mol. The molecule has 1 amide bonds. The van der Waals surface area contributed by atoms with Gasteiger partial charge in [-0.3, -0.25) is 14.9 Å². The molecule has 3 rings (SSSR count). The molecule has 3 unspecified atom stereocenters. The van der Waals surface area contributed by atoms with Crippen LogP contribution in [0.15, 0.2) is 12.1 Å². The number of nitro groups is 1. The van der Waals surface area contributed by atoms with Crippen molar-refractivity contribution in [2.24, 2.45) is 11.8 Å². The van der Waals surface area contributed by atoms with Gasteiger partial charge >= 0.3 is 0 Å². The van der Waals surface area contributed by atoms with Gasteiger partial charge in [0, 0.05) is 17.7 Å². The molecule has 1 aromatic rings. The highest BCUT2D eigenvalue weighted by molar-refractivity contribution is 6.34. The average molecular weight is 310 g/mol. The molecule has 2 fully saturated rings. The normalized spacial score (nSPS) is 26.8. The molecule has 2 aliphatic carbocycles. The Kier molecular flexibility index (Phi) is 3.49. The summed E-state index contributed by atoms with van der Waals surface area (Å²) in [6, 6.07) is 2.74. The van der Waals surface area contributed by atoms with Gasteiger partial charge in [0.25, 0.3) is 11.6 Å². The van der Waals surface area contributed by atoms with Crippen molar-refractivity contribution in [2.45, 2.75) is 31.7 Å². The SMILES string of the molecule is Nc1c(Cl)cc(C(=O)NC2CC3CCC2C3)cc1[N+](=O)[O-]. The lowest BCUT2D eigenvalue weighted by atomic mass is 9.95. The zero-order chi connectivity index (χ0) is 15.1. The summed E-state index contributed by atoms with van der Waals surface area (Å²) < 4.78 is 0. The fourth-order valence-corrected chi connectivity index (χ4v) is 3.77. The summed E-state index contributed by atoms with van der Waals surface area (Å²) >= 11 is 5.88. The van der Waals surface area contributed by atoms with E-state index in [-0.39, 0.29) is 33.9 Å². The van der Waals surface area contributed by atoms with Crippen LogP contribution in [0.25, 0.3) is 0 Å². The highest BCUT2D eigenvalue weighted by Gasteiger charge is 2.40. The topological polar surface area (TPSA) is 98.3 Å². The molecule has 3 atom stereocenters. The summed E-state index contributed by atoms with van der Waals surface area (Å²) in [5.41, 5.74) is 5.30. The van der Waals surface area contributed by atoms with Crippen LogP contribution in [-0.4, -0.2) is 16.9 Å². The number of anilines is 1. The van der Waals surface area contributed by atoms with Crippen molar-refractivity contribution in [1.29, 1.82) is 0 Å². The number of nitrogen functional groups attached to an aromatic ring is 1. The Morgan fingerprint density at radius 2 is 2.14 bits per heavy atom. The van der Waals surface area contributed by atoms with E-state index in [1.165, 1.54) is 25.0 Å². The van der Waals surface area contributed by atoms with Crippen LogP contribution >= 0.6 is 11.6 Å². The molecule has 6 nitrogen and oxygen atoms in total. The van der Waals surface area contributed by atoms with Crippen molar-refractivity contribution in [1.82, 2.24) is 5.32 Å². The molecule has 0 aromatic heterocycles. The molecule has 2 bridgehead atoms. The minimum Gasteiger partial charge on any atom is -0.392 e. The summed E-state index contributed by atoms with van der Waals surface area (Å²) in [5, 5.41) is 13.9. The summed E-state index contributed by atoms with van der Waals surface area (Å²) in [4.78, 5) is 22.6. The Hall–Kier alpha value is -1.82. The van der Waals surface area contributed by atoms with Gasteiger partial charge in [0.2, 0.25) is 0 Å². The first-order chi connectivity index (χ1) is 9.95. The van der Waals surface area contributed by atoms with E-state index in [9.17, 15) is 14.9 Å². The summed E-state index contributed by atoms with van der Waals surface area (Å²) in [7, 11) is 0. The molecule has 2 aliphatic rings. The smallest absolute Gasteiger partial charge is 0.294 e. The Morgan fingerprint density at radius 1 is 1.38 bits per heavy atom. The average Bonchev–Trinajstić information content (AvgIpc) is 3.03. The van der Waals surface area contributed by atoms with Gasteiger partial charge < -0.3 is 11.1 Å². The number of halogens is 1. The van der Waals surface area contributed by atoms with Crippen LogP contribution < -0.4 is 11.1 Å². The van der Waals surface area contributed by atoms with Crippen molar-refractivity contribution in [2.75, 3.05) is 5.73 Å². The highest BCUT2D eigenvalue weighted by Crippen LogP contribution is 2.44. The first-order valence-electron chi connectivity index (χ1n) is 7.00. The van der Waals surface area contributed by atoms with Crippen molar-refractivity contribution in [3.05, 3.63) is 32.8 Å². The molecular formula is C14H16ClN3O3. The van der Waals surface area contributed by atoms with Gasteiger partial charge in [-0.1, -0.05) is 18.0 Å². The minimum absolute atomic E-state index is 0.0299. The van der Waals surface area contributed by atoms with Crippen LogP contribution in [0.3, 0.4) is 0 Å². The van der Waals surface area contributed by atoms with Crippen LogP contribution in [0.5, 0.6) is 0 Å². The maximum atomic E-state index is 12.3. The first-order valence-corrected chi connectivity index (χ1v) is 7.37. The Balaban J connectivity index is 1.80. The van der Waals surface area contributed by atoms with Crippen molar-refractivity contribution < 1.29 is 9.72 Å². The second-order valence-corrected chi connectivity index (χ2v) is 6.31. The third-order valence-corrected chi connectivity index (χ3v) is 4.93. The molecule has 0 spiro atoms. The lowest BCUT2D eigenvalue weighted by Gasteiger charge is -2.22. The second-order valence-electron chi connectivity index (χ2n) is 5.90. The quantitative estimate of drug-likeness (QED) is 0.509. The largest absolute Gasteiger partial charge is 0.392 e. The van der Waals surface area contributed by atoms with Gasteiger partial charge in [-0.25, -0.2) is 0 Å². The molecule has 21 heavy (non-hydrogen) atoms. The van der Waals surface area contributed by atoms with Crippen LogP contribution in [0.4, 0.5) is 11.4 Å². The summed E-state index contributed by atoms with van der Waals surface area (Å²) in [5.74, 6) is 0.931. The van der Waals surface area contributed by atoms with Crippen LogP contribution in [0.2, 0.25) is 5.02 Å². The van der Waals surface area contributed by atoms with Gasteiger partial charge in [0.1, 0.15) is 5.69 Å². The maximum absolute atomic E-state index is 12.3. The van der Waals surface area contributed by atoms with E-state index in [1.54, 1.807) is 0 Å². The summed E-state index contributed by atoms with van der Waals surface area (Å²) in [6.07, 6.45) is 4.57. The number of nitro benzene ring substituents is 1. The number of benzene rings is 1. The predicted octanol–water partition coefficient (Wildman–Crippen LogP) is 2.75. The summed E-state index contributed by atoms with van der Waals surface area (Å²) in [6.45, 7) is 0. The zero-order valence-electron chi connectivity index (χ0n) is 11.3. The number of fused-ring (bicyclic) bond motifs is 2. The number of rotatable bonds is 3. The fourth-order valence-electron chi connectivity index (χ4n) is 3.56. The molecule has 112 valence electrons. The van der Waals surface area contributed by atoms with Crippen LogP contribution in [-0.2, 0) is 0 Å².